The van der Waals surface area contributed by atoms with E-state index in [1.807, 2.05) is 31.2 Å². The van der Waals surface area contributed by atoms with Crippen molar-refractivity contribution < 1.29 is 28.7 Å². The summed E-state index contributed by atoms with van der Waals surface area (Å²) in [5.41, 5.74) is 0.947. The molecule has 0 saturated heterocycles. The zero-order chi connectivity index (χ0) is 22.1. The molecule has 0 spiro atoms. The predicted octanol–water partition coefficient (Wildman–Crippen LogP) is 3.51. The molecule has 2 aromatic carbocycles. The highest BCUT2D eigenvalue weighted by molar-refractivity contribution is 5.96. The molecule has 0 heterocycles. The Morgan fingerprint density at radius 3 is 2.57 bits per heavy atom. The maximum Gasteiger partial charge on any atom is 0.306 e. The summed E-state index contributed by atoms with van der Waals surface area (Å²) in [5.74, 6) is -0.266. The van der Waals surface area contributed by atoms with Gasteiger partial charge < -0.3 is 19.5 Å². The van der Waals surface area contributed by atoms with E-state index < -0.39 is 22.9 Å². The summed E-state index contributed by atoms with van der Waals surface area (Å²) in [6, 6.07) is 11.2. The molecule has 0 fully saturated rings. The maximum absolute atomic E-state index is 12.4. The Balaban J connectivity index is 1.93. The van der Waals surface area contributed by atoms with Crippen LogP contribution in [0.4, 0.5) is 11.4 Å². The monoisotopic (exact) mass is 416 g/mol. The van der Waals surface area contributed by atoms with Crippen LogP contribution >= 0.6 is 0 Å². The number of ether oxygens (including phenoxy) is 3. The van der Waals surface area contributed by atoms with Crippen LogP contribution in [-0.4, -0.2) is 36.6 Å². The number of nitro benzene ring substituents is 1. The molecule has 0 saturated carbocycles. The average Bonchev–Trinajstić information content (AvgIpc) is 2.73. The van der Waals surface area contributed by atoms with Crippen LogP contribution in [0.3, 0.4) is 0 Å². The number of nitrogens with one attached hydrogen (secondary N) is 1. The lowest BCUT2D eigenvalue weighted by Crippen LogP contribution is -2.30. The molecule has 0 radical (unpaired) electrons. The largest absolute Gasteiger partial charge is 0.494 e. The number of amides is 1. The molecule has 30 heavy (non-hydrogen) atoms. The quantitative estimate of drug-likeness (QED) is 0.358. The number of para-hydroxylation sites is 1. The Kier molecular flexibility index (Phi) is 8.16. The van der Waals surface area contributed by atoms with Crippen LogP contribution in [0.5, 0.6) is 11.5 Å². The molecule has 2 aromatic rings. The van der Waals surface area contributed by atoms with Crippen molar-refractivity contribution in [2.24, 2.45) is 0 Å². The molecule has 1 N–H and O–H groups in total. The number of nitro groups is 1. The molecule has 0 aliphatic heterocycles. The van der Waals surface area contributed by atoms with Gasteiger partial charge in [0.2, 0.25) is 0 Å². The number of anilines is 1. The molecule has 0 aliphatic carbocycles. The van der Waals surface area contributed by atoms with Crippen molar-refractivity contribution in [3.8, 4) is 11.5 Å². The Labute approximate surface area is 174 Å². The summed E-state index contributed by atoms with van der Waals surface area (Å²) in [7, 11) is 1.33. The third kappa shape index (κ3) is 6.20. The number of hydrogen-bond acceptors (Lipinski definition) is 7. The van der Waals surface area contributed by atoms with E-state index >= 15 is 0 Å². The van der Waals surface area contributed by atoms with E-state index in [-0.39, 0.29) is 23.5 Å². The van der Waals surface area contributed by atoms with E-state index in [4.69, 9.17) is 14.2 Å². The Morgan fingerprint density at radius 2 is 1.90 bits per heavy atom. The van der Waals surface area contributed by atoms with Crippen molar-refractivity contribution in [3.05, 3.63) is 58.1 Å². The van der Waals surface area contributed by atoms with E-state index in [2.05, 4.69) is 5.32 Å². The van der Waals surface area contributed by atoms with E-state index in [0.29, 0.717) is 18.8 Å². The van der Waals surface area contributed by atoms with Gasteiger partial charge in [-0.2, -0.15) is 0 Å². The Morgan fingerprint density at radius 1 is 1.17 bits per heavy atom. The van der Waals surface area contributed by atoms with Gasteiger partial charge in [0, 0.05) is 12.5 Å². The Hall–Kier alpha value is -3.62. The summed E-state index contributed by atoms with van der Waals surface area (Å²) in [6.07, 6.45) is -0.554. The molecule has 0 bridgehead atoms. The van der Waals surface area contributed by atoms with Gasteiger partial charge in [-0.05, 0) is 38.0 Å². The fraction of sp³-hybridized carbons (Fsp3) is 0.333. The van der Waals surface area contributed by atoms with Crippen molar-refractivity contribution in [1.29, 1.82) is 0 Å². The lowest BCUT2D eigenvalue weighted by molar-refractivity contribution is -0.384. The number of benzene rings is 2. The second-order valence-electron chi connectivity index (χ2n) is 6.30. The zero-order valence-electron chi connectivity index (χ0n) is 17.0. The minimum absolute atomic E-state index is 0.0859. The number of hydrogen-bond donors (Lipinski definition) is 1. The molecule has 2 rings (SSSR count). The molecule has 9 nitrogen and oxygen atoms in total. The number of nitrogens with zero attached hydrogens (tertiary/aromatic N) is 1. The second-order valence-corrected chi connectivity index (χ2v) is 6.30. The van der Waals surface area contributed by atoms with Gasteiger partial charge in [0.05, 0.1) is 30.4 Å². The van der Waals surface area contributed by atoms with Crippen molar-refractivity contribution in [2.45, 2.75) is 32.8 Å². The summed E-state index contributed by atoms with van der Waals surface area (Å²) in [5, 5.41) is 13.4. The summed E-state index contributed by atoms with van der Waals surface area (Å²) >= 11 is 0. The second kappa shape index (κ2) is 10.8. The van der Waals surface area contributed by atoms with Gasteiger partial charge in [-0.15, -0.1) is 0 Å². The van der Waals surface area contributed by atoms with Crippen molar-refractivity contribution >= 4 is 23.3 Å². The van der Waals surface area contributed by atoms with Crippen LogP contribution in [0.15, 0.2) is 42.5 Å². The maximum atomic E-state index is 12.4. The van der Waals surface area contributed by atoms with Crippen molar-refractivity contribution in [3.63, 3.8) is 0 Å². The van der Waals surface area contributed by atoms with Crippen LogP contribution in [0, 0.1) is 10.1 Å². The molecule has 0 aliphatic rings. The third-order valence-corrected chi connectivity index (χ3v) is 4.20. The first kappa shape index (κ1) is 22.7. The lowest BCUT2D eigenvalue weighted by Gasteiger charge is -2.15. The van der Waals surface area contributed by atoms with Gasteiger partial charge >= 0.3 is 5.97 Å². The highest BCUT2D eigenvalue weighted by Crippen LogP contribution is 2.29. The van der Waals surface area contributed by atoms with E-state index in [1.54, 1.807) is 0 Å². The molecular formula is C21H24N2O7. The predicted molar refractivity (Wildman–Crippen MR) is 110 cm³/mol. The van der Waals surface area contributed by atoms with Crippen LogP contribution < -0.4 is 14.8 Å². The molecular weight excluding hydrogens is 392 g/mol. The molecule has 1 atom stereocenters. The van der Waals surface area contributed by atoms with E-state index in [9.17, 15) is 19.7 Å². The van der Waals surface area contributed by atoms with Gasteiger partial charge in [-0.3, -0.25) is 19.7 Å². The number of rotatable bonds is 10. The zero-order valence-corrected chi connectivity index (χ0v) is 17.0. The van der Waals surface area contributed by atoms with Gasteiger partial charge in [-0.1, -0.05) is 18.2 Å². The molecule has 160 valence electrons. The first-order chi connectivity index (χ1) is 14.3. The van der Waals surface area contributed by atoms with Crippen molar-refractivity contribution in [1.82, 2.24) is 0 Å². The summed E-state index contributed by atoms with van der Waals surface area (Å²) in [6.45, 7) is 3.84. The molecule has 1 amide bonds. The first-order valence-corrected chi connectivity index (χ1v) is 9.39. The van der Waals surface area contributed by atoms with E-state index in [1.165, 1.54) is 32.2 Å². The normalized spacial score (nSPS) is 11.3. The minimum atomic E-state index is -1.06. The van der Waals surface area contributed by atoms with Gasteiger partial charge in [-0.25, -0.2) is 0 Å². The lowest BCUT2D eigenvalue weighted by atomic mass is 10.1. The van der Waals surface area contributed by atoms with Crippen LogP contribution in [0.2, 0.25) is 0 Å². The number of carbonyl (C=O) groups is 2. The summed E-state index contributed by atoms with van der Waals surface area (Å²) in [4.78, 5) is 34.8. The number of aryl methyl sites for hydroxylation is 1. The van der Waals surface area contributed by atoms with Gasteiger partial charge in [0.1, 0.15) is 11.5 Å². The van der Waals surface area contributed by atoms with Crippen LogP contribution in [0.1, 0.15) is 25.8 Å². The van der Waals surface area contributed by atoms with Gasteiger partial charge in [0.15, 0.2) is 6.10 Å². The molecule has 0 aromatic heterocycles. The smallest absolute Gasteiger partial charge is 0.306 e. The fourth-order valence-corrected chi connectivity index (χ4v) is 2.68. The van der Waals surface area contributed by atoms with Crippen LogP contribution in [0.25, 0.3) is 0 Å². The average molecular weight is 416 g/mol. The fourth-order valence-electron chi connectivity index (χ4n) is 2.68. The third-order valence-electron chi connectivity index (χ3n) is 4.20. The standard InChI is InChI=1S/C21H24N2O7/c1-4-29-18-8-6-5-7-15(18)9-12-20(24)30-14(2)21(25)22-17-11-10-16(23(26)27)13-19(17)28-3/h5-8,10-11,13-14H,4,9,12H2,1-3H3,(H,22,25)/t14-/m1/s1. The number of methoxy groups -OCH3 is 1. The summed E-state index contributed by atoms with van der Waals surface area (Å²) < 4.78 is 15.8. The van der Waals surface area contributed by atoms with E-state index in [0.717, 1.165) is 5.56 Å². The number of carbonyl (C=O) groups excluding carboxylic acids is 2. The highest BCUT2D eigenvalue weighted by atomic mass is 16.6. The number of esters is 1. The Bertz CT molecular complexity index is 914. The highest BCUT2D eigenvalue weighted by Gasteiger charge is 2.20. The minimum Gasteiger partial charge on any atom is -0.494 e. The first-order valence-electron chi connectivity index (χ1n) is 9.39. The SMILES string of the molecule is CCOc1ccccc1CCC(=O)O[C@H](C)C(=O)Nc1ccc([N+](=O)[O-])cc1OC. The number of non-ortho nitro benzene ring substituents is 1. The van der Waals surface area contributed by atoms with Crippen molar-refractivity contribution in [2.75, 3.05) is 19.0 Å². The molecule has 9 heteroatoms. The molecule has 0 unspecified atom stereocenters. The topological polar surface area (TPSA) is 117 Å². The van der Waals surface area contributed by atoms with Crippen LogP contribution in [-0.2, 0) is 20.7 Å². The van der Waals surface area contributed by atoms with Gasteiger partial charge in [0.25, 0.3) is 11.6 Å².